The topological polar surface area (TPSA) is 58.6 Å². The number of morpholine rings is 1. The molecule has 1 heterocycles. The number of carbonyl (C=O) groups is 2. The van der Waals surface area contributed by atoms with Crippen LogP contribution in [-0.4, -0.2) is 48.1 Å². The molecule has 1 fully saturated rings. The number of hydrogen-bond donors (Lipinski definition) is 1. The number of rotatable bonds is 4. The zero-order valence-electron chi connectivity index (χ0n) is 14.6. The van der Waals surface area contributed by atoms with Gasteiger partial charge in [-0.25, -0.2) is 4.39 Å². The summed E-state index contributed by atoms with van der Waals surface area (Å²) in [7, 11) is 0. The Bertz CT molecular complexity index is 596. The highest BCUT2D eigenvalue weighted by Gasteiger charge is 2.33. The standard InChI is InChI=1S/C18H25FN2O3/c1-11(2)16(18(23)21-9-12(3)24-13(4)10-21)20-17(22)14-7-5-6-8-15(14)19/h5-8,11-13,16H,9-10H2,1-4H3,(H,20,22). The predicted octanol–water partition coefficient (Wildman–Crippen LogP) is 2.22. The first-order chi connectivity index (χ1) is 11.3. The second kappa shape index (κ2) is 7.75. The highest BCUT2D eigenvalue weighted by atomic mass is 19.1. The van der Waals surface area contributed by atoms with Crippen molar-refractivity contribution < 1.29 is 18.7 Å². The third kappa shape index (κ3) is 4.32. The van der Waals surface area contributed by atoms with E-state index in [0.29, 0.717) is 13.1 Å². The lowest BCUT2D eigenvalue weighted by atomic mass is 10.0. The van der Waals surface area contributed by atoms with Gasteiger partial charge in [0.1, 0.15) is 11.9 Å². The summed E-state index contributed by atoms with van der Waals surface area (Å²) < 4.78 is 19.4. The van der Waals surface area contributed by atoms with E-state index >= 15 is 0 Å². The van der Waals surface area contributed by atoms with E-state index in [1.165, 1.54) is 18.2 Å². The summed E-state index contributed by atoms with van der Waals surface area (Å²) in [5.41, 5.74) is -0.0559. The molecule has 1 saturated heterocycles. The fourth-order valence-corrected chi connectivity index (χ4v) is 2.93. The first-order valence-corrected chi connectivity index (χ1v) is 8.29. The summed E-state index contributed by atoms with van der Waals surface area (Å²) in [6.45, 7) is 8.52. The summed E-state index contributed by atoms with van der Waals surface area (Å²) in [5.74, 6) is -1.44. The Morgan fingerprint density at radius 1 is 1.21 bits per heavy atom. The maximum absolute atomic E-state index is 13.8. The molecule has 0 aliphatic carbocycles. The molecule has 6 heteroatoms. The zero-order valence-corrected chi connectivity index (χ0v) is 14.6. The van der Waals surface area contributed by atoms with Crippen LogP contribution in [0.4, 0.5) is 4.39 Å². The van der Waals surface area contributed by atoms with Gasteiger partial charge in [-0.1, -0.05) is 26.0 Å². The van der Waals surface area contributed by atoms with Crippen molar-refractivity contribution in [2.24, 2.45) is 5.92 Å². The van der Waals surface area contributed by atoms with Gasteiger partial charge in [-0.3, -0.25) is 9.59 Å². The van der Waals surface area contributed by atoms with Gasteiger partial charge >= 0.3 is 0 Å². The van der Waals surface area contributed by atoms with Crippen molar-refractivity contribution in [2.75, 3.05) is 13.1 Å². The van der Waals surface area contributed by atoms with Crippen LogP contribution in [0.3, 0.4) is 0 Å². The van der Waals surface area contributed by atoms with Crippen molar-refractivity contribution >= 4 is 11.8 Å². The molecule has 0 saturated carbocycles. The molecule has 0 bridgehead atoms. The molecule has 1 N–H and O–H groups in total. The average Bonchev–Trinajstić information content (AvgIpc) is 2.51. The summed E-state index contributed by atoms with van der Waals surface area (Å²) in [6, 6.07) is 5.05. The number of halogens is 1. The van der Waals surface area contributed by atoms with Crippen LogP contribution < -0.4 is 5.32 Å². The van der Waals surface area contributed by atoms with Gasteiger partial charge in [0, 0.05) is 13.1 Å². The summed E-state index contributed by atoms with van der Waals surface area (Å²) in [5, 5.41) is 2.69. The number of benzene rings is 1. The van der Waals surface area contributed by atoms with E-state index in [9.17, 15) is 14.0 Å². The average molecular weight is 336 g/mol. The highest BCUT2D eigenvalue weighted by Crippen LogP contribution is 2.15. The lowest BCUT2D eigenvalue weighted by Crippen LogP contribution is -2.56. The molecule has 2 amide bonds. The number of ether oxygens (including phenoxy) is 1. The van der Waals surface area contributed by atoms with Crippen LogP contribution in [0.1, 0.15) is 38.1 Å². The minimum absolute atomic E-state index is 0.0484. The first-order valence-electron chi connectivity index (χ1n) is 8.29. The van der Waals surface area contributed by atoms with Crippen LogP contribution in [-0.2, 0) is 9.53 Å². The molecule has 5 nitrogen and oxygen atoms in total. The first kappa shape index (κ1) is 18.4. The maximum Gasteiger partial charge on any atom is 0.254 e. The van der Waals surface area contributed by atoms with Gasteiger partial charge in [0.25, 0.3) is 5.91 Å². The van der Waals surface area contributed by atoms with Gasteiger partial charge in [-0.15, -0.1) is 0 Å². The van der Waals surface area contributed by atoms with Crippen LogP contribution in [0.25, 0.3) is 0 Å². The van der Waals surface area contributed by atoms with Gasteiger partial charge in [-0.2, -0.15) is 0 Å². The van der Waals surface area contributed by atoms with Crippen molar-refractivity contribution in [1.82, 2.24) is 10.2 Å². The number of nitrogens with zero attached hydrogens (tertiary/aromatic N) is 1. The Kier molecular flexibility index (Phi) is 5.94. The summed E-state index contributed by atoms with van der Waals surface area (Å²) in [6.07, 6.45) is -0.0967. The lowest BCUT2D eigenvalue weighted by Gasteiger charge is -2.38. The largest absolute Gasteiger partial charge is 0.372 e. The molecule has 0 radical (unpaired) electrons. The lowest BCUT2D eigenvalue weighted by molar-refractivity contribution is -0.146. The van der Waals surface area contributed by atoms with Crippen LogP contribution >= 0.6 is 0 Å². The van der Waals surface area contributed by atoms with Gasteiger partial charge in [0.05, 0.1) is 17.8 Å². The van der Waals surface area contributed by atoms with E-state index in [4.69, 9.17) is 4.74 Å². The van der Waals surface area contributed by atoms with Crippen molar-refractivity contribution in [3.8, 4) is 0 Å². The molecule has 0 aromatic heterocycles. The molecule has 2 rings (SSSR count). The number of hydrogen-bond acceptors (Lipinski definition) is 3. The SMILES string of the molecule is CC1CN(C(=O)C(NC(=O)c2ccccc2F)C(C)C)CC(C)O1. The number of carbonyl (C=O) groups excluding carboxylic acids is 2. The van der Waals surface area contributed by atoms with E-state index in [2.05, 4.69) is 5.32 Å². The molecule has 3 atom stereocenters. The molecular weight excluding hydrogens is 311 g/mol. The van der Waals surface area contributed by atoms with Crippen LogP contribution in [0.5, 0.6) is 0 Å². The van der Waals surface area contributed by atoms with Crippen LogP contribution in [0.2, 0.25) is 0 Å². The Balaban J connectivity index is 2.13. The quantitative estimate of drug-likeness (QED) is 0.917. The van der Waals surface area contributed by atoms with E-state index < -0.39 is 17.8 Å². The van der Waals surface area contributed by atoms with Crippen molar-refractivity contribution in [3.05, 3.63) is 35.6 Å². The predicted molar refractivity (Wildman–Crippen MR) is 89.1 cm³/mol. The molecule has 132 valence electrons. The smallest absolute Gasteiger partial charge is 0.254 e. The summed E-state index contributed by atoms with van der Waals surface area (Å²) >= 11 is 0. The third-order valence-electron chi connectivity index (χ3n) is 4.07. The highest BCUT2D eigenvalue weighted by molar-refractivity contribution is 5.97. The zero-order chi connectivity index (χ0) is 17.9. The minimum atomic E-state index is -0.699. The number of amides is 2. The van der Waals surface area contributed by atoms with Gasteiger partial charge < -0.3 is 15.0 Å². The van der Waals surface area contributed by atoms with E-state index in [0.717, 1.165) is 0 Å². The fraction of sp³-hybridized carbons (Fsp3) is 0.556. The Hall–Kier alpha value is -1.95. The van der Waals surface area contributed by atoms with Gasteiger partial charge in [0.15, 0.2) is 0 Å². The van der Waals surface area contributed by atoms with E-state index in [-0.39, 0.29) is 29.6 Å². The molecule has 24 heavy (non-hydrogen) atoms. The monoisotopic (exact) mass is 336 g/mol. The molecule has 3 unspecified atom stereocenters. The van der Waals surface area contributed by atoms with Gasteiger partial charge in [0.2, 0.25) is 5.91 Å². The van der Waals surface area contributed by atoms with Crippen molar-refractivity contribution in [2.45, 2.75) is 45.9 Å². The summed E-state index contributed by atoms with van der Waals surface area (Å²) in [4.78, 5) is 26.9. The maximum atomic E-state index is 13.8. The van der Waals surface area contributed by atoms with Crippen molar-refractivity contribution in [3.63, 3.8) is 0 Å². The molecular formula is C18H25FN2O3. The Morgan fingerprint density at radius 3 is 2.33 bits per heavy atom. The second-order valence-corrected chi connectivity index (χ2v) is 6.68. The Morgan fingerprint density at radius 2 is 1.79 bits per heavy atom. The molecule has 1 aliphatic heterocycles. The van der Waals surface area contributed by atoms with Crippen molar-refractivity contribution in [1.29, 1.82) is 0 Å². The third-order valence-corrected chi connectivity index (χ3v) is 4.07. The van der Waals surface area contributed by atoms with E-state index in [1.54, 1.807) is 11.0 Å². The Labute approximate surface area is 142 Å². The number of nitrogens with one attached hydrogen (secondary N) is 1. The second-order valence-electron chi connectivity index (χ2n) is 6.68. The van der Waals surface area contributed by atoms with Crippen LogP contribution in [0, 0.1) is 11.7 Å². The fourth-order valence-electron chi connectivity index (χ4n) is 2.93. The molecule has 1 aromatic rings. The van der Waals surface area contributed by atoms with E-state index in [1.807, 2.05) is 27.7 Å². The minimum Gasteiger partial charge on any atom is -0.372 e. The molecule has 1 aliphatic rings. The normalized spacial score (nSPS) is 22.3. The van der Waals surface area contributed by atoms with Crippen LogP contribution in [0.15, 0.2) is 24.3 Å². The van der Waals surface area contributed by atoms with Gasteiger partial charge in [-0.05, 0) is 31.9 Å². The molecule has 0 spiro atoms. The molecule has 1 aromatic carbocycles.